The zero-order valence-electron chi connectivity index (χ0n) is 16.0. The van der Waals surface area contributed by atoms with E-state index in [1.54, 1.807) is 0 Å². The molecule has 168 valence electrons. The molecular weight excluding hydrogens is 414 g/mol. The molecule has 2 heterocycles. The van der Waals surface area contributed by atoms with Crippen molar-refractivity contribution < 1.29 is 48.8 Å². The van der Waals surface area contributed by atoms with Crippen LogP contribution in [0.15, 0.2) is 37.4 Å². The number of halogens is 8. The summed E-state index contributed by atoms with van der Waals surface area (Å²) >= 11 is 0. The number of imidazole rings is 2. The average molecular weight is 438 g/mol. The van der Waals surface area contributed by atoms with Crippen LogP contribution in [0.2, 0.25) is 0 Å². The first-order chi connectivity index (χ1) is 13.2. The van der Waals surface area contributed by atoms with Gasteiger partial charge >= 0.3 is 14.5 Å². The van der Waals surface area contributed by atoms with Crippen molar-refractivity contribution >= 4 is 14.5 Å². The molecule has 15 heteroatoms. The van der Waals surface area contributed by atoms with Gasteiger partial charge in [0.05, 0.1) is 25.7 Å². The van der Waals surface area contributed by atoms with Gasteiger partial charge in [0.1, 0.15) is 31.3 Å². The van der Waals surface area contributed by atoms with Crippen LogP contribution in [0.25, 0.3) is 0 Å². The smallest absolute Gasteiger partial charge is 0.418 e. The quantitative estimate of drug-likeness (QED) is 0.403. The Morgan fingerprint density at radius 1 is 0.793 bits per heavy atom. The topological polar surface area (TPSA) is 37.9 Å². The van der Waals surface area contributed by atoms with Crippen molar-refractivity contribution in [3.8, 4) is 0 Å². The van der Waals surface area contributed by atoms with E-state index in [2.05, 4.69) is 46.3 Å². The minimum Gasteiger partial charge on any atom is -0.418 e. The van der Waals surface area contributed by atoms with E-state index in [1.807, 2.05) is 23.3 Å². The molecule has 0 aliphatic carbocycles. The number of rotatable bonds is 7. The van der Waals surface area contributed by atoms with Crippen LogP contribution in [0.5, 0.6) is 0 Å². The predicted molar refractivity (Wildman–Crippen MR) is 91.6 cm³/mol. The maximum absolute atomic E-state index is 10.1. The van der Waals surface area contributed by atoms with Gasteiger partial charge in [-0.1, -0.05) is 0 Å². The second-order valence-electron chi connectivity index (χ2n) is 5.85. The lowest BCUT2D eigenvalue weighted by atomic mass is 10.2. The molecule has 0 radical (unpaired) electrons. The summed E-state index contributed by atoms with van der Waals surface area (Å²) in [5.74, 6) is 0. The van der Waals surface area contributed by atoms with Crippen molar-refractivity contribution in [1.82, 2.24) is 9.13 Å². The molecule has 2 aromatic rings. The first kappa shape index (κ1) is 26.9. The molecule has 0 saturated carbocycles. The summed E-state index contributed by atoms with van der Waals surface area (Å²) in [6, 6.07) is 0. The molecular formula is C14H24B2F8N4O. The zero-order chi connectivity index (χ0) is 22.7. The minimum absolute atomic E-state index is 0.310. The highest BCUT2D eigenvalue weighted by molar-refractivity contribution is 6.50. The molecule has 2 aromatic heterocycles. The third-order valence-corrected chi connectivity index (χ3v) is 3.36. The maximum Gasteiger partial charge on any atom is 0.673 e. The summed E-state index contributed by atoms with van der Waals surface area (Å²) in [5.41, 5.74) is 0. The normalized spacial score (nSPS) is 12.5. The van der Waals surface area contributed by atoms with E-state index in [0.717, 1.165) is 26.1 Å². The third kappa shape index (κ3) is 17.8. The summed E-state index contributed by atoms with van der Waals surface area (Å²) in [6.07, 6.45) is 12.7. The first-order valence-electron chi connectivity index (χ1n) is 8.73. The van der Waals surface area contributed by atoms with Crippen LogP contribution in [-0.2, 0) is 26.2 Å². The Morgan fingerprint density at radius 2 is 1.17 bits per heavy atom. The molecule has 1 atom stereocenters. The fourth-order valence-electron chi connectivity index (χ4n) is 2.12. The second-order valence-corrected chi connectivity index (χ2v) is 5.85. The highest BCUT2D eigenvalue weighted by atomic mass is 19.5. The predicted octanol–water partition coefficient (Wildman–Crippen LogP) is 2.96. The molecule has 0 saturated heterocycles. The van der Waals surface area contributed by atoms with Crippen LogP contribution in [0, 0.1) is 0 Å². The maximum atomic E-state index is 10.1. The monoisotopic (exact) mass is 438 g/mol. The van der Waals surface area contributed by atoms with Crippen LogP contribution in [0.4, 0.5) is 34.5 Å². The van der Waals surface area contributed by atoms with Crippen molar-refractivity contribution in [1.29, 1.82) is 0 Å². The van der Waals surface area contributed by atoms with Gasteiger partial charge in [0, 0.05) is 6.42 Å². The van der Waals surface area contributed by atoms with Crippen LogP contribution in [0.3, 0.4) is 0 Å². The Hall–Kier alpha value is -2.05. The molecule has 0 aromatic carbocycles. The molecule has 0 fully saturated rings. The summed E-state index contributed by atoms with van der Waals surface area (Å²) in [5, 5.41) is 10.1. The number of aliphatic hydroxyl groups is 1. The number of aryl methyl sites for hydroxylation is 3. The van der Waals surface area contributed by atoms with E-state index < -0.39 is 14.5 Å². The van der Waals surface area contributed by atoms with Gasteiger partial charge in [-0.05, 0) is 13.8 Å². The molecule has 2 rings (SSSR count). The van der Waals surface area contributed by atoms with E-state index in [4.69, 9.17) is 0 Å². The Morgan fingerprint density at radius 3 is 1.55 bits per heavy atom. The summed E-state index contributed by atoms with van der Waals surface area (Å²) in [7, 11) is -12.0. The third-order valence-electron chi connectivity index (χ3n) is 3.36. The largest absolute Gasteiger partial charge is 0.673 e. The zero-order valence-corrected chi connectivity index (χ0v) is 16.0. The van der Waals surface area contributed by atoms with E-state index in [-0.39, 0.29) is 6.10 Å². The van der Waals surface area contributed by atoms with Crippen molar-refractivity contribution in [3.05, 3.63) is 37.4 Å². The molecule has 1 N–H and O–H groups in total. The van der Waals surface area contributed by atoms with Crippen molar-refractivity contribution in [2.45, 2.75) is 52.6 Å². The molecule has 1 unspecified atom stereocenters. The van der Waals surface area contributed by atoms with Gasteiger partial charge < -0.3 is 39.6 Å². The summed E-state index contributed by atoms with van der Waals surface area (Å²) < 4.78 is 86.4. The van der Waals surface area contributed by atoms with Gasteiger partial charge in [-0.25, -0.2) is 18.3 Å². The number of nitrogens with zero attached hydrogens (tertiary/aromatic N) is 4. The minimum atomic E-state index is -6.00. The van der Waals surface area contributed by atoms with Gasteiger partial charge in [0.15, 0.2) is 0 Å². The number of hydrogen-bond donors (Lipinski definition) is 1. The van der Waals surface area contributed by atoms with Crippen LogP contribution in [0.1, 0.15) is 20.3 Å². The fraction of sp³-hybridized carbons (Fsp3) is 0.571. The van der Waals surface area contributed by atoms with Gasteiger partial charge in [0.25, 0.3) is 0 Å². The van der Waals surface area contributed by atoms with Crippen LogP contribution >= 0.6 is 0 Å². The highest BCUT2D eigenvalue weighted by Crippen LogP contribution is 2.07. The van der Waals surface area contributed by atoms with E-state index in [0.29, 0.717) is 6.54 Å². The van der Waals surface area contributed by atoms with Crippen molar-refractivity contribution in [2.24, 2.45) is 0 Å². The van der Waals surface area contributed by atoms with Crippen molar-refractivity contribution in [3.63, 3.8) is 0 Å². The first-order valence-corrected chi connectivity index (χ1v) is 8.73. The molecule has 0 amide bonds. The summed E-state index contributed by atoms with van der Waals surface area (Å²) in [6.45, 7) is 7.68. The Bertz CT molecular complexity index is 666. The van der Waals surface area contributed by atoms with Crippen molar-refractivity contribution in [2.75, 3.05) is 0 Å². The Kier molecular flexibility index (Phi) is 11.6. The molecule has 0 bridgehead atoms. The second kappa shape index (κ2) is 12.5. The van der Waals surface area contributed by atoms with Crippen LogP contribution < -0.4 is 9.13 Å². The van der Waals surface area contributed by atoms with Gasteiger partial charge in [0.2, 0.25) is 12.7 Å². The number of aliphatic hydroxyl groups excluding tert-OH is 1. The average Bonchev–Trinajstić information content (AvgIpc) is 3.18. The van der Waals surface area contributed by atoms with Gasteiger partial charge in [-0.2, -0.15) is 0 Å². The SMILES string of the molecule is CCn1cc[n+](CCC(O)C[n+]2ccn(CC)c2)c1.F[B-](F)(F)F.F[B-](F)(F)F. The molecule has 0 aliphatic heterocycles. The lowest BCUT2D eigenvalue weighted by Crippen LogP contribution is -2.40. The number of hydrogen-bond acceptors (Lipinski definition) is 1. The lowest BCUT2D eigenvalue weighted by molar-refractivity contribution is -0.713. The standard InChI is InChI=1S/C14H24N4O.2BF4/c1-3-15-7-9-17(12-15)6-5-14(19)11-18-10-8-16(4-2)13-18;2*2-1(3,4)5/h7-10,12-14,19H,3-6,11H2,1-2H3;;/q+2;2*-1. The molecule has 29 heavy (non-hydrogen) atoms. The van der Waals surface area contributed by atoms with E-state index in [9.17, 15) is 39.6 Å². The Balaban J connectivity index is 0.000000653. The highest BCUT2D eigenvalue weighted by Gasteiger charge is 2.21. The fourth-order valence-corrected chi connectivity index (χ4v) is 2.12. The van der Waals surface area contributed by atoms with Gasteiger partial charge in [-0.3, -0.25) is 0 Å². The Labute approximate surface area is 163 Å². The molecule has 0 spiro atoms. The van der Waals surface area contributed by atoms with E-state index >= 15 is 0 Å². The van der Waals surface area contributed by atoms with Gasteiger partial charge in [-0.15, -0.1) is 0 Å². The van der Waals surface area contributed by atoms with Crippen LogP contribution in [-0.4, -0.2) is 34.9 Å². The number of aromatic nitrogens is 4. The lowest BCUT2D eigenvalue weighted by Gasteiger charge is -2.06. The summed E-state index contributed by atoms with van der Waals surface area (Å²) in [4.78, 5) is 0. The van der Waals surface area contributed by atoms with E-state index in [1.165, 1.54) is 0 Å². The molecule has 5 nitrogen and oxygen atoms in total. The molecule has 0 aliphatic rings.